The van der Waals surface area contributed by atoms with Crippen molar-refractivity contribution in [2.24, 2.45) is 0 Å². The summed E-state index contributed by atoms with van der Waals surface area (Å²) in [6.45, 7) is 4.09. The minimum absolute atomic E-state index is 0.225. The van der Waals surface area contributed by atoms with E-state index in [1.807, 2.05) is 26.0 Å². The summed E-state index contributed by atoms with van der Waals surface area (Å²) >= 11 is 6.13. The number of hydrogen-bond donors (Lipinski definition) is 1. The lowest BCUT2D eigenvalue weighted by molar-refractivity contribution is 0.139. The van der Waals surface area contributed by atoms with Gasteiger partial charge >= 0.3 is 0 Å². The second-order valence-electron chi connectivity index (χ2n) is 5.09. The van der Waals surface area contributed by atoms with Crippen molar-refractivity contribution >= 4 is 17.5 Å². The van der Waals surface area contributed by atoms with Crippen LogP contribution in [0.3, 0.4) is 0 Å². The first-order valence-electron chi connectivity index (χ1n) is 5.69. The Balaban J connectivity index is 2.17. The van der Waals surface area contributed by atoms with E-state index in [2.05, 4.69) is 5.16 Å². The molecule has 3 rings (SSSR count). The molecule has 18 heavy (non-hydrogen) atoms. The van der Waals surface area contributed by atoms with Gasteiger partial charge in [0.25, 0.3) is 0 Å². The molecule has 1 aliphatic rings. The Morgan fingerprint density at radius 2 is 2.11 bits per heavy atom. The van der Waals surface area contributed by atoms with Crippen molar-refractivity contribution in [2.45, 2.75) is 25.9 Å². The normalized spacial score (nSPS) is 16.4. The van der Waals surface area contributed by atoms with Crippen LogP contribution in [-0.2, 0) is 6.42 Å². The highest BCUT2D eigenvalue weighted by Gasteiger charge is 2.33. The molecule has 0 atom stereocenters. The number of nitrogens with two attached hydrogens (primary N) is 1. The van der Waals surface area contributed by atoms with Crippen LogP contribution in [0.15, 0.2) is 22.7 Å². The number of hydrogen-bond acceptors (Lipinski definition) is 4. The molecule has 5 heteroatoms. The molecule has 94 valence electrons. The van der Waals surface area contributed by atoms with Crippen LogP contribution in [0, 0.1) is 0 Å². The third kappa shape index (κ3) is 1.82. The average Bonchev–Trinajstić information content (AvgIpc) is 2.79. The van der Waals surface area contributed by atoms with Gasteiger partial charge in [-0.15, -0.1) is 0 Å². The standard InChI is InChI=1S/C13H13ClN2O2/c1-13(2)6-7-3-8(14)4-9(12(7)17-13)10-5-11(15)18-16-10/h3-5H,6,15H2,1-2H3. The van der Waals surface area contributed by atoms with Crippen LogP contribution in [0.5, 0.6) is 5.75 Å². The molecule has 4 nitrogen and oxygen atoms in total. The number of halogens is 1. The summed E-state index contributed by atoms with van der Waals surface area (Å²) < 4.78 is 10.9. The number of benzene rings is 1. The van der Waals surface area contributed by atoms with Crippen LogP contribution in [0.2, 0.25) is 5.02 Å². The highest BCUT2D eigenvalue weighted by Crippen LogP contribution is 2.43. The molecule has 1 aromatic heterocycles. The fourth-order valence-electron chi connectivity index (χ4n) is 2.28. The third-order valence-electron chi connectivity index (χ3n) is 2.93. The maximum atomic E-state index is 6.13. The van der Waals surface area contributed by atoms with Crippen molar-refractivity contribution in [3.8, 4) is 17.0 Å². The van der Waals surface area contributed by atoms with Gasteiger partial charge in [-0.2, -0.15) is 0 Å². The molecule has 2 aromatic rings. The summed E-state index contributed by atoms with van der Waals surface area (Å²) in [7, 11) is 0. The van der Waals surface area contributed by atoms with Gasteiger partial charge in [-0.25, -0.2) is 0 Å². The molecule has 0 saturated heterocycles. The Kier molecular flexibility index (Phi) is 2.32. The van der Waals surface area contributed by atoms with E-state index in [0.717, 1.165) is 23.3 Å². The number of rotatable bonds is 1. The van der Waals surface area contributed by atoms with Crippen molar-refractivity contribution < 1.29 is 9.26 Å². The number of aromatic nitrogens is 1. The fraction of sp³-hybridized carbons (Fsp3) is 0.308. The van der Waals surface area contributed by atoms with Crippen LogP contribution < -0.4 is 10.5 Å². The van der Waals surface area contributed by atoms with Gasteiger partial charge in [0.2, 0.25) is 5.88 Å². The maximum absolute atomic E-state index is 6.13. The first kappa shape index (κ1) is 11.4. The maximum Gasteiger partial charge on any atom is 0.222 e. The number of nitrogen functional groups attached to an aromatic ring is 1. The third-order valence-corrected chi connectivity index (χ3v) is 3.15. The topological polar surface area (TPSA) is 61.3 Å². The van der Waals surface area contributed by atoms with Gasteiger partial charge in [-0.1, -0.05) is 16.8 Å². The molecule has 1 aromatic carbocycles. The largest absolute Gasteiger partial charge is 0.487 e. The zero-order chi connectivity index (χ0) is 12.9. The van der Waals surface area contributed by atoms with Crippen molar-refractivity contribution in [2.75, 3.05) is 5.73 Å². The lowest BCUT2D eigenvalue weighted by atomic mass is 10.00. The van der Waals surface area contributed by atoms with Gasteiger partial charge in [-0.3, -0.25) is 0 Å². The Morgan fingerprint density at radius 1 is 1.33 bits per heavy atom. The van der Waals surface area contributed by atoms with E-state index in [4.69, 9.17) is 26.6 Å². The van der Waals surface area contributed by atoms with E-state index < -0.39 is 0 Å². The molecule has 2 N–H and O–H groups in total. The molecule has 0 unspecified atom stereocenters. The lowest BCUT2D eigenvalue weighted by Crippen LogP contribution is -2.24. The first-order valence-corrected chi connectivity index (χ1v) is 6.06. The molecule has 0 saturated carbocycles. The average molecular weight is 265 g/mol. The van der Waals surface area contributed by atoms with Crippen molar-refractivity contribution in [3.63, 3.8) is 0 Å². The molecule has 0 aliphatic carbocycles. The van der Waals surface area contributed by atoms with Crippen molar-refractivity contribution in [3.05, 3.63) is 28.8 Å². The van der Waals surface area contributed by atoms with Crippen LogP contribution >= 0.6 is 11.6 Å². The van der Waals surface area contributed by atoms with Gasteiger partial charge in [0, 0.05) is 28.6 Å². The minimum atomic E-state index is -0.225. The molecule has 0 spiro atoms. The van der Waals surface area contributed by atoms with E-state index in [0.29, 0.717) is 10.7 Å². The second kappa shape index (κ2) is 3.65. The monoisotopic (exact) mass is 264 g/mol. The molecule has 0 amide bonds. The lowest BCUT2D eigenvalue weighted by Gasteiger charge is -2.17. The van der Waals surface area contributed by atoms with Gasteiger partial charge in [0.1, 0.15) is 17.0 Å². The number of nitrogens with zero attached hydrogens (tertiary/aromatic N) is 1. The second-order valence-corrected chi connectivity index (χ2v) is 5.53. The highest BCUT2D eigenvalue weighted by molar-refractivity contribution is 6.31. The van der Waals surface area contributed by atoms with Crippen LogP contribution in [0.4, 0.5) is 5.88 Å². The van der Waals surface area contributed by atoms with E-state index in [1.54, 1.807) is 6.07 Å². The number of anilines is 1. The zero-order valence-corrected chi connectivity index (χ0v) is 10.9. The summed E-state index contributed by atoms with van der Waals surface area (Å²) in [6, 6.07) is 5.41. The number of ether oxygens (including phenoxy) is 1. The molecule has 1 aliphatic heterocycles. The highest BCUT2D eigenvalue weighted by atomic mass is 35.5. The van der Waals surface area contributed by atoms with Gasteiger partial charge in [0.05, 0.1) is 0 Å². The molecule has 0 fully saturated rings. The quantitative estimate of drug-likeness (QED) is 0.859. The van der Waals surface area contributed by atoms with E-state index >= 15 is 0 Å². The molecule has 0 radical (unpaired) electrons. The Morgan fingerprint density at radius 3 is 2.78 bits per heavy atom. The van der Waals surface area contributed by atoms with Crippen LogP contribution in [0.1, 0.15) is 19.4 Å². The Bertz CT molecular complexity index is 619. The van der Waals surface area contributed by atoms with E-state index in [9.17, 15) is 0 Å². The van der Waals surface area contributed by atoms with Gasteiger partial charge in [0.15, 0.2) is 0 Å². The predicted octanol–water partition coefficient (Wildman–Crippen LogP) is 3.29. The fourth-order valence-corrected chi connectivity index (χ4v) is 2.52. The minimum Gasteiger partial charge on any atom is -0.487 e. The summed E-state index contributed by atoms with van der Waals surface area (Å²) in [6.07, 6.45) is 0.823. The molecular formula is C13H13ClN2O2. The van der Waals surface area contributed by atoms with E-state index in [-0.39, 0.29) is 11.5 Å². The molecular weight excluding hydrogens is 252 g/mol. The summed E-state index contributed by atoms with van der Waals surface area (Å²) in [5, 5.41) is 4.57. The van der Waals surface area contributed by atoms with Crippen LogP contribution in [0.25, 0.3) is 11.3 Å². The number of fused-ring (bicyclic) bond motifs is 1. The Hall–Kier alpha value is -1.68. The Labute approximate surface area is 110 Å². The first-order chi connectivity index (χ1) is 8.44. The summed E-state index contributed by atoms with van der Waals surface area (Å²) in [5.41, 5.74) is 7.88. The smallest absolute Gasteiger partial charge is 0.222 e. The summed E-state index contributed by atoms with van der Waals surface area (Å²) in [4.78, 5) is 0. The van der Waals surface area contributed by atoms with Crippen molar-refractivity contribution in [1.82, 2.24) is 5.16 Å². The van der Waals surface area contributed by atoms with Gasteiger partial charge < -0.3 is 15.0 Å². The summed E-state index contributed by atoms with van der Waals surface area (Å²) in [5.74, 6) is 1.09. The SMILES string of the molecule is CC1(C)Cc2cc(Cl)cc(-c3cc(N)on3)c2O1. The molecule has 2 heterocycles. The predicted molar refractivity (Wildman–Crippen MR) is 69.8 cm³/mol. The van der Waals surface area contributed by atoms with Crippen LogP contribution in [-0.4, -0.2) is 10.8 Å². The molecule has 0 bridgehead atoms. The van der Waals surface area contributed by atoms with Gasteiger partial charge in [-0.05, 0) is 26.0 Å². The van der Waals surface area contributed by atoms with E-state index in [1.165, 1.54) is 0 Å². The zero-order valence-electron chi connectivity index (χ0n) is 10.2. The van der Waals surface area contributed by atoms with Crippen molar-refractivity contribution in [1.29, 1.82) is 0 Å².